The second-order valence-corrected chi connectivity index (χ2v) is 5.91. The summed E-state index contributed by atoms with van der Waals surface area (Å²) < 4.78 is 4.85. The van der Waals surface area contributed by atoms with Gasteiger partial charge in [0.25, 0.3) is 11.9 Å². The normalized spacial score (nSPS) is 15.0. The van der Waals surface area contributed by atoms with Gasteiger partial charge in [-0.1, -0.05) is 41.5 Å². The predicted molar refractivity (Wildman–Crippen MR) is 68.2 cm³/mol. The molecule has 0 aromatic rings. The molecule has 110 valence electrons. The second-order valence-electron chi connectivity index (χ2n) is 5.91. The standard InChI is InChI=1S/C13H28O5/c1-7-11(8-2,9-3)13(16,17)18-12(14,15)10(4,5)6/h14-17H,7-9H2,1-6H3. The first kappa shape index (κ1) is 17.8. The van der Waals surface area contributed by atoms with Crippen molar-refractivity contribution in [3.8, 4) is 0 Å². The van der Waals surface area contributed by atoms with Gasteiger partial charge in [-0.2, -0.15) is 0 Å². The van der Waals surface area contributed by atoms with Crippen LogP contribution < -0.4 is 0 Å². The van der Waals surface area contributed by atoms with Gasteiger partial charge in [0.1, 0.15) is 0 Å². The molecule has 5 heteroatoms. The van der Waals surface area contributed by atoms with Gasteiger partial charge in [-0.05, 0) is 19.3 Å². The number of hydrogen-bond donors (Lipinski definition) is 4. The van der Waals surface area contributed by atoms with Crippen LogP contribution in [-0.2, 0) is 4.74 Å². The lowest BCUT2D eigenvalue weighted by Crippen LogP contribution is -2.59. The Morgan fingerprint density at radius 1 is 0.722 bits per heavy atom. The van der Waals surface area contributed by atoms with Gasteiger partial charge < -0.3 is 20.4 Å². The van der Waals surface area contributed by atoms with Crippen LogP contribution in [0.3, 0.4) is 0 Å². The fourth-order valence-corrected chi connectivity index (χ4v) is 1.90. The highest BCUT2D eigenvalue weighted by atomic mass is 16.9. The first-order valence-electron chi connectivity index (χ1n) is 6.48. The summed E-state index contributed by atoms with van der Waals surface area (Å²) in [6.45, 7) is 10.0. The molecule has 5 nitrogen and oxygen atoms in total. The Balaban J connectivity index is 5.28. The van der Waals surface area contributed by atoms with Crippen LogP contribution >= 0.6 is 0 Å². The van der Waals surface area contributed by atoms with Crippen molar-refractivity contribution < 1.29 is 25.2 Å². The van der Waals surface area contributed by atoms with Crippen LogP contribution in [0.1, 0.15) is 60.8 Å². The lowest BCUT2D eigenvalue weighted by Gasteiger charge is -2.46. The van der Waals surface area contributed by atoms with Gasteiger partial charge in [-0.25, -0.2) is 0 Å². The van der Waals surface area contributed by atoms with Gasteiger partial charge in [0.15, 0.2) is 0 Å². The molecule has 0 bridgehead atoms. The summed E-state index contributed by atoms with van der Waals surface area (Å²) >= 11 is 0. The van der Waals surface area contributed by atoms with Gasteiger partial charge in [0, 0.05) is 5.41 Å². The molecule has 0 rings (SSSR count). The second kappa shape index (κ2) is 5.43. The van der Waals surface area contributed by atoms with E-state index in [9.17, 15) is 20.4 Å². The predicted octanol–water partition coefficient (Wildman–Crippen LogP) is 1.54. The molecule has 0 amide bonds. The van der Waals surface area contributed by atoms with E-state index in [0.717, 1.165) is 0 Å². The molecule has 0 aliphatic carbocycles. The molecule has 0 aliphatic heterocycles. The Labute approximate surface area is 109 Å². The number of ether oxygens (including phenoxy) is 1. The van der Waals surface area contributed by atoms with E-state index in [4.69, 9.17) is 4.74 Å². The Morgan fingerprint density at radius 2 is 1.06 bits per heavy atom. The Kier molecular flexibility index (Phi) is 5.37. The molecule has 4 N–H and O–H groups in total. The maximum atomic E-state index is 10.1. The minimum absolute atomic E-state index is 0.452. The van der Waals surface area contributed by atoms with E-state index in [-0.39, 0.29) is 0 Å². The van der Waals surface area contributed by atoms with Gasteiger partial charge >= 0.3 is 0 Å². The van der Waals surface area contributed by atoms with Crippen molar-refractivity contribution in [1.82, 2.24) is 0 Å². The molecule has 0 unspecified atom stereocenters. The summed E-state index contributed by atoms with van der Waals surface area (Å²) in [5.74, 6) is -5.22. The SMILES string of the molecule is CCC(CC)(CC)C(O)(O)OC(O)(O)C(C)(C)C. The van der Waals surface area contributed by atoms with Gasteiger partial charge in [0.05, 0.1) is 5.41 Å². The van der Waals surface area contributed by atoms with Crippen molar-refractivity contribution >= 4 is 0 Å². The van der Waals surface area contributed by atoms with E-state index in [1.54, 1.807) is 0 Å². The summed E-state index contributed by atoms with van der Waals surface area (Å²) in [4.78, 5) is 0. The van der Waals surface area contributed by atoms with Crippen LogP contribution in [0.15, 0.2) is 0 Å². The molecular weight excluding hydrogens is 236 g/mol. The van der Waals surface area contributed by atoms with Gasteiger partial charge in [-0.3, -0.25) is 4.74 Å². The van der Waals surface area contributed by atoms with Crippen LogP contribution in [0.4, 0.5) is 0 Å². The largest absolute Gasteiger partial charge is 0.343 e. The molecule has 0 radical (unpaired) electrons. The van der Waals surface area contributed by atoms with Crippen LogP contribution in [0.5, 0.6) is 0 Å². The van der Waals surface area contributed by atoms with E-state index in [1.165, 1.54) is 20.8 Å². The number of rotatable bonds is 6. The molecule has 0 aromatic carbocycles. The van der Waals surface area contributed by atoms with E-state index < -0.39 is 22.8 Å². The third-order valence-electron chi connectivity index (χ3n) is 3.98. The van der Waals surface area contributed by atoms with E-state index in [0.29, 0.717) is 19.3 Å². The average molecular weight is 264 g/mol. The molecule has 0 atom stereocenters. The Hall–Kier alpha value is -0.200. The highest BCUT2D eigenvalue weighted by molar-refractivity contribution is 4.85. The lowest BCUT2D eigenvalue weighted by atomic mass is 9.77. The zero-order valence-electron chi connectivity index (χ0n) is 12.3. The highest BCUT2D eigenvalue weighted by Gasteiger charge is 2.54. The average Bonchev–Trinajstić information content (AvgIpc) is 2.17. The van der Waals surface area contributed by atoms with Crippen molar-refractivity contribution in [1.29, 1.82) is 0 Å². The molecule has 0 aromatic heterocycles. The summed E-state index contributed by atoms with van der Waals surface area (Å²) in [6.07, 6.45) is 1.35. The molecule has 0 aliphatic rings. The smallest absolute Gasteiger partial charge is 0.287 e. The zero-order valence-corrected chi connectivity index (χ0v) is 12.3. The maximum absolute atomic E-state index is 10.1. The van der Waals surface area contributed by atoms with Crippen molar-refractivity contribution in [3.05, 3.63) is 0 Å². The van der Waals surface area contributed by atoms with E-state index >= 15 is 0 Å². The number of hydrogen-bond acceptors (Lipinski definition) is 5. The van der Waals surface area contributed by atoms with E-state index in [1.807, 2.05) is 20.8 Å². The summed E-state index contributed by atoms with van der Waals surface area (Å²) in [5.41, 5.74) is -2.00. The van der Waals surface area contributed by atoms with Gasteiger partial charge in [0.2, 0.25) is 0 Å². The summed E-state index contributed by atoms with van der Waals surface area (Å²) in [6, 6.07) is 0. The highest BCUT2D eigenvalue weighted by Crippen LogP contribution is 2.44. The molecular formula is C13H28O5. The fraction of sp³-hybridized carbons (Fsp3) is 1.00. The molecule has 18 heavy (non-hydrogen) atoms. The van der Waals surface area contributed by atoms with Crippen molar-refractivity contribution in [2.24, 2.45) is 10.8 Å². The first-order chi connectivity index (χ1) is 7.89. The quantitative estimate of drug-likeness (QED) is 0.546. The van der Waals surface area contributed by atoms with Crippen LogP contribution in [0.25, 0.3) is 0 Å². The van der Waals surface area contributed by atoms with E-state index in [2.05, 4.69) is 0 Å². The van der Waals surface area contributed by atoms with Crippen LogP contribution in [0, 0.1) is 10.8 Å². The molecule has 0 saturated heterocycles. The van der Waals surface area contributed by atoms with Crippen LogP contribution in [-0.4, -0.2) is 32.4 Å². The topological polar surface area (TPSA) is 90.2 Å². The van der Waals surface area contributed by atoms with Crippen molar-refractivity contribution in [2.75, 3.05) is 0 Å². The molecule has 0 saturated carbocycles. The molecule has 0 spiro atoms. The lowest BCUT2D eigenvalue weighted by molar-refractivity contribution is -0.521. The minimum Gasteiger partial charge on any atom is -0.343 e. The van der Waals surface area contributed by atoms with Gasteiger partial charge in [-0.15, -0.1) is 0 Å². The summed E-state index contributed by atoms with van der Waals surface area (Å²) in [7, 11) is 0. The third kappa shape index (κ3) is 3.22. The zero-order chi connectivity index (χ0) is 14.8. The monoisotopic (exact) mass is 264 g/mol. The maximum Gasteiger partial charge on any atom is 0.287 e. The third-order valence-corrected chi connectivity index (χ3v) is 3.98. The number of aliphatic hydroxyl groups is 4. The molecule has 0 fully saturated rings. The fourth-order valence-electron chi connectivity index (χ4n) is 1.90. The Morgan fingerprint density at radius 3 is 1.28 bits per heavy atom. The van der Waals surface area contributed by atoms with Crippen LogP contribution in [0.2, 0.25) is 0 Å². The van der Waals surface area contributed by atoms with Crippen molar-refractivity contribution in [3.63, 3.8) is 0 Å². The summed E-state index contributed by atoms with van der Waals surface area (Å²) in [5, 5.41) is 40.0. The minimum atomic E-state index is -2.62. The molecule has 0 heterocycles. The van der Waals surface area contributed by atoms with Crippen molar-refractivity contribution in [2.45, 2.75) is 72.8 Å². The Bertz CT molecular complexity index is 253. The first-order valence-corrected chi connectivity index (χ1v) is 6.48.